The Kier molecular flexibility index (Phi) is 3.17. The fourth-order valence-corrected chi connectivity index (χ4v) is 2.83. The van der Waals surface area contributed by atoms with Crippen LogP contribution in [0.15, 0.2) is 52.6 Å². The van der Waals surface area contributed by atoms with Crippen molar-refractivity contribution in [1.29, 1.82) is 0 Å². The zero-order valence-electron chi connectivity index (χ0n) is 9.25. The first kappa shape index (κ1) is 11.5. The van der Waals surface area contributed by atoms with Gasteiger partial charge < -0.3 is 0 Å². The number of nitrogens with zero attached hydrogens (tertiary/aromatic N) is 3. The first-order chi connectivity index (χ1) is 8.84. The lowest BCUT2D eigenvalue weighted by Gasteiger charge is -1.99. The summed E-state index contributed by atoms with van der Waals surface area (Å²) in [5.41, 5.74) is 2.02. The lowest BCUT2D eigenvalue weighted by Crippen LogP contribution is -1.86. The van der Waals surface area contributed by atoms with Crippen molar-refractivity contribution in [3.63, 3.8) is 0 Å². The molecular formula is C13H8BrN3S. The summed E-state index contributed by atoms with van der Waals surface area (Å²) in [7, 11) is 0. The summed E-state index contributed by atoms with van der Waals surface area (Å²) < 4.78 is 1.04. The molecule has 3 aromatic rings. The Bertz CT molecular complexity index is 667. The number of hydrogen-bond acceptors (Lipinski definition) is 4. The van der Waals surface area contributed by atoms with Gasteiger partial charge in [0.1, 0.15) is 0 Å². The van der Waals surface area contributed by atoms with Crippen molar-refractivity contribution in [2.75, 3.05) is 0 Å². The predicted molar refractivity (Wildman–Crippen MR) is 76.3 cm³/mol. The van der Waals surface area contributed by atoms with Crippen molar-refractivity contribution >= 4 is 27.3 Å². The van der Waals surface area contributed by atoms with Gasteiger partial charge in [0, 0.05) is 27.8 Å². The first-order valence-electron chi connectivity index (χ1n) is 5.32. The average molecular weight is 318 g/mol. The molecule has 0 aliphatic carbocycles. The molecule has 0 saturated carbocycles. The lowest BCUT2D eigenvalue weighted by molar-refractivity contribution is 1.16. The molecule has 0 atom stereocenters. The molecule has 3 rings (SSSR count). The van der Waals surface area contributed by atoms with Crippen LogP contribution in [0.3, 0.4) is 0 Å². The maximum absolute atomic E-state index is 4.58. The van der Waals surface area contributed by atoms with E-state index in [1.807, 2.05) is 29.6 Å². The molecule has 0 aliphatic heterocycles. The van der Waals surface area contributed by atoms with Crippen LogP contribution in [0.2, 0.25) is 0 Å². The fourth-order valence-electron chi connectivity index (χ4n) is 1.58. The molecule has 0 aliphatic rings. The molecule has 0 fully saturated rings. The van der Waals surface area contributed by atoms with Crippen molar-refractivity contribution in [3.05, 3.63) is 52.6 Å². The molecule has 2 heterocycles. The molecule has 0 unspecified atom stereocenters. The molecule has 2 aromatic heterocycles. The van der Waals surface area contributed by atoms with E-state index < -0.39 is 0 Å². The number of hydrogen-bond donors (Lipinski definition) is 0. The molecule has 0 bridgehead atoms. The topological polar surface area (TPSA) is 38.7 Å². The smallest absolute Gasteiger partial charge is 0.188 e. The second-order valence-corrected chi connectivity index (χ2v) is 5.30. The molecule has 18 heavy (non-hydrogen) atoms. The predicted octanol–water partition coefficient (Wildman–Crippen LogP) is 4.03. The first-order valence-corrected chi connectivity index (χ1v) is 6.99. The summed E-state index contributed by atoms with van der Waals surface area (Å²) >= 11 is 5.08. The quantitative estimate of drug-likeness (QED) is 0.716. The van der Waals surface area contributed by atoms with Crippen LogP contribution >= 0.6 is 27.3 Å². The van der Waals surface area contributed by atoms with Crippen molar-refractivity contribution < 1.29 is 0 Å². The maximum atomic E-state index is 4.58. The van der Waals surface area contributed by atoms with E-state index in [0.29, 0.717) is 5.82 Å². The van der Waals surface area contributed by atoms with Crippen LogP contribution in [0, 0.1) is 0 Å². The number of aromatic nitrogens is 3. The van der Waals surface area contributed by atoms with Crippen LogP contribution in [0.4, 0.5) is 0 Å². The Morgan fingerprint density at radius 3 is 2.56 bits per heavy atom. The van der Waals surface area contributed by atoms with Gasteiger partial charge in [-0.3, -0.25) is 0 Å². The summed E-state index contributed by atoms with van der Waals surface area (Å²) in [6.45, 7) is 0. The Morgan fingerprint density at radius 2 is 1.78 bits per heavy atom. The summed E-state index contributed by atoms with van der Waals surface area (Å²) in [5.74, 6) is 0.667. The van der Waals surface area contributed by atoms with Gasteiger partial charge in [0.05, 0.1) is 5.69 Å². The summed E-state index contributed by atoms with van der Waals surface area (Å²) in [5, 5.41) is 2.85. The normalized spacial score (nSPS) is 10.5. The van der Waals surface area contributed by atoms with Gasteiger partial charge in [0.25, 0.3) is 0 Å². The molecule has 5 heteroatoms. The molecule has 0 saturated heterocycles. The molecule has 3 nitrogen and oxygen atoms in total. The average Bonchev–Trinajstić information content (AvgIpc) is 2.90. The number of rotatable bonds is 2. The Hall–Kier alpha value is -1.59. The molecule has 0 amide bonds. The molecule has 0 radical (unpaired) electrons. The monoisotopic (exact) mass is 317 g/mol. The second kappa shape index (κ2) is 4.96. The van der Waals surface area contributed by atoms with Gasteiger partial charge in [0.2, 0.25) is 0 Å². The minimum absolute atomic E-state index is 0.667. The zero-order valence-corrected chi connectivity index (χ0v) is 11.6. The zero-order chi connectivity index (χ0) is 12.4. The molecule has 1 aromatic carbocycles. The van der Waals surface area contributed by atoms with E-state index >= 15 is 0 Å². The molecular weight excluding hydrogens is 310 g/mol. The Morgan fingerprint density at radius 1 is 1.00 bits per heavy atom. The maximum Gasteiger partial charge on any atom is 0.188 e. The standard InChI is InChI=1S/C13H8BrN3S/c14-10-5-2-1-4-9(10)11-8-18-13(17-11)12-15-6-3-7-16-12/h1-8H. The summed E-state index contributed by atoms with van der Waals surface area (Å²) in [6, 6.07) is 9.83. The van der Waals surface area contributed by atoms with Gasteiger partial charge in [-0.2, -0.15) is 0 Å². The lowest BCUT2D eigenvalue weighted by atomic mass is 10.2. The van der Waals surface area contributed by atoms with E-state index in [9.17, 15) is 0 Å². The van der Waals surface area contributed by atoms with Gasteiger partial charge in [-0.25, -0.2) is 15.0 Å². The van der Waals surface area contributed by atoms with E-state index in [1.165, 1.54) is 0 Å². The number of thiazole rings is 1. The van der Waals surface area contributed by atoms with Gasteiger partial charge in [-0.15, -0.1) is 11.3 Å². The van der Waals surface area contributed by atoms with E-state index in [0.717, 1.165) is 20.7 Å². The largest absolute Gasteiger partial charge is 0.234 e. The third-order valence-electron chi connectivity index (χ3n) is 2.41. The van der Waals surface area contributed by atoms with Crippen LogP contribution in [-0.4, -0.2) is 15.0 Å². The van der Waals surface area contributed by atoms with Crippen molar-refractivity contribution in [2.45, 2.75) is 0 Å². The molecule has 88 valence electrons. The third kappa shape index (κ3) is 2.19. The van der Waals surface area contributed by atoms with Crippen LogP contribution in [-0.2, 0) is 0 Å². The minimum Gasteiger partial charge on any atom is -0.234 e. The molecule has 0 N–H and O–H groups in total. The minimum atomic E-state index is 0.667. The van der Waals surface area contributed by atoms with E-state index in [-0.39, 0.29) is 0 Å². The Labute approximate surface area is 117 Å². The SMILES string of the molecule is Brc1ccccc1-c1csc(-c2ncccn2)n1. The second-order valence-electron chi connectivity index (χ2n) is 3.59. The highest BCUT2D eigenvalue weighted by molar-refractivity contribution is 9.10. The van der Waals surface area contributed by atoms with Crippen LogP contribution < -0.4 is 0 Å². The van der Waals surface area contributed by atoms with Crippen molar-refractivity contribution in [1.82, 2.24) is 15.0 Å². The van der Waals surface area contributed by atoms with Crippen LogP contribution in [0.5, 0.6) is 0 Å². The van der Waals surface area contributed by atoms with Gasteiger partial charge in [-0.05, 0) is 12.1 Å². The highest BCUT2D eigenvalue weighted by Gasteiger charge is 2.10. The number of benzene rings is 1. The third-order valence-corrected chi connectivity index (χ3v) is 3.94. The summed E-state index contributed by atoms with van der Waals surface area (Å²) in [6.07, 6.45) is 3.45. The fraction of sp³-hybridized carbons (Fsp3) is 0. The Balaban J connectivity index is 2.03. The summed E-state index contributed by atoms with van der Waals surface area (Å²) in [4.78, 5) is 13.0. The van der Waals surface area contributed by atoms with Crippen LogP contribution in [0.1, 0.15) is 0 Å². The highest BCUT2D eigenvalue weighted by Crippen LogP contribution is 2.31. The van der Waals surface area contributed by atoms with E-state index in [4.69, 9.17) is 0 Å². The number of halogens is 1. The van der Waals surface area contributed by atoms with E-state index in [2.05, 4.69) is 30.9 Å². The van der Waals surface area contributed by atoms with Gasteiger partial charge in [0.15, 0.2) is 10.8 Å². The van der Waals surface area contributed by atoms with Gasteiger partial charge in [-0.1, -0.05) is 34.1 Å². The highest BCUT2D eigenvalue weighted by atomic mass is 79.9. The van der Waals surface area contributed by atoms with Crippen molar-refractivity contribution in [3.8, 4) is 22.1 Å². The van der Waals surface area contributed by atoms with Crippen LogP contribution in [0.25, 0.3) is 22.1 Å². The van der Waals surface area contributed by atoms with Gasteiger partial charge >= 0.3 is 0 Å². The van der Waals surface area contributed by atoms with Crippen molar-refractivity contribution in [2.24, 2.45) is 0 Å². The molecule has 0 spiro atoms. The van der Waals surface area contributed by atoms with E-state index in [1.54, 1.807) is 29.8 Å².